The van der Waals surface area contributed by atoms with E-state index >= 15 is 0 Å². The number of carbonyl (C=O) groups is 2. The summed E-state index contributed by atoms with van der Waals surface area (Å²) in [6, 6.07) is 2.86. The minimum Gasteiger partial charge on any atom is -0.474 e. The van der Waals surface area contributed by atoms with E-state index in [0.717, 1.165) is 0 Å². The highest BCUT2D eigenvalue weighted by molar-refractivity contribution is 6.04. The molecule has 0 saturated heterocycles. The van der Waals surface area contributed by atoms with Gasteiger partial charge in [-0.3, -0.25) is 9.59 Å². The molecule has 0 aromatic carbocycles. The number of nitro groups is 1. The van der Waals surface area contributed by atoms with Gasteiger partial charge in [0.1, 0.15) is 6.20 Å². The fourth-order valence-electron chi connectivity index (χ4n) is 2.58. The predicted octanol–water partition coefficient (Wildman–Crippen LogP) is 2.79. The molecule has 2 heterocycles. The molecule has 0 aliphatic carbocycles. The van der Waals surface area contributed by atoms with Gasteiger partial charge in [0.2, 0.25) is 11.5 Å². The van der Waals surface area contributed by atoms with Crippen LogP contribution in [0.5, 0.6) is 5.75 Å². The number of pyridine rings is 1. The normalized spacial score (nSPS) is 11.8. The van der Waals surface area contributed by atoms with Gasteiger partial charge in [0.15, 0.2) is 11.9 Å². The Labute approximate surface area is 138 Å². The molecule has 1 N–H and O–H groups in total. The smallest absolute Gasteiger partial charge is 0.406 e. The van der Waals surface area contributed by atoms with Gasteiger partial charge in [-0.2, -0.15) is 0 Å². The molecule has 0 spiro atoms. The number of aryl methyl sites for hydroxylation is 1. The second kappa shape index (κ2) is 6.61. The van der Waals surface area contributed by atoms with E-state index in [9.17, 15) is 19.7 Å². The minimum atomic E-state index is -0.982. The highest BCUT2D eigenvalue weighted by atomic mass is 16.6. The molecular weight excluding hydrogens is 314 g/mol. The largest absolute Gasteiger partial charge is 0.474 e. The Balaban J connectivity index is 2.30. The maximum Gasteiger partial charge on any atom is 0.406 e. The van der Waals surface area contributed by atoms with Crippen molar-refractivity contribution in [1.29, 1.82) is 0 Å². The monoisotopic (exact) mass is 331 g/mol. The van der Waals surface area contributed by atoms with Crippen LogP contribution in [0.15, 0.2) is 18.3 Å². The SMILES string of the molecule is CC(=O)c1c(C)[nH]c(C(=O)[C@H](C)Oc2cccnc2[N+](=O)[O-])c1C. The topological polar surface area (TPSA) is 115 Å². The Morgan fingerprint density at radius 1 is 1.38 bits per heavy atom. The number of aromatic amines is 1. The number of nitrogens with one attached hydrogen (secondary N) is 1. The third-order valence-corrected chi connectivity index (χ3v) is 3.63. The van der Waals surface area contributed by atoms with Gasteiger partial charge in [-0.25, -0.2) is 0 Å². The van der Waals surface area contributed by atoms with E-state index in [2.05, 4.69) is 9.97 Å². The molecule has 8 heteroatoms. The third kappa shape index (κ3) is 3.17. The number of hydrogen-bond acceptors (Lipinski definition) is 6. The molecule has 0 bridgehead atoms. The number of H-pyrrole nitrogens is 1. The summed E-state index contributed by atoms with van der Waals surface area (Å²) in [6.07, 6.45) is 0.291. The number of carbonyl (C=O) groups excluding carboxylic acids is 2. The van der Waals surface area contributed by atoms with Crippen LogP contribution >= 0.6 is 0 Å². The van der Waals surface area contributed by atoms with Crippen LogP contribution in [0, 0.1) is 24.0 Å². The average molecular weight is 331 g/mol. The predicted molar refractivity (Wildman–Crippen MR) is 85.6 cm³/mol. The number of ketones is 2. The van der Waals surface area contributed by atoms with E-state index in [0.29, 0.717) is 16.8 Å². The lowest BCUT2D eigenvalue weighted by Gasteiger charge is -2.13. The summed E-state index contributed by atoms with van der Waals surface area (Å²) >= 11 is 0. The van der Waals surface area contributed by atoms with Crippen molar-refractivity contribution in [3.8, 4) is 5.75 Å². The number of hydrogen-bond donors (Lipinski definition) is 1. The van der Waals surface area contributed by atoms with E-state index in [4.69, 9.17) is 4.74 Å². The first kappa shape index (κ1) is 17.3. The molecule has 0 radical (unpaired) electrons. The summed E-state index contributed by atoms with van der Waals surface area (Å²) in [7, 11) is 0. The molecule has 126 valence electrons. The molecule has 0 fully saturated rings. The maximum atomic E-state index is 12.6. The fourth-order valence-corrected chi connectivity index (χ4v) is 2.58. The summed E-state index contributed by atoms with van der Waals surface area (Å²) in [4.78, 5) is 41.1. The molecule has 0 amide bonds. The maximum absolute atomic E-state index is 12.6. The van der Waals surface area contributed by atoms with Crippen molar-refractivity contribution in [2.75, 3.05) is 0 Å². The van der Waals surface area contributed by atoms with Crippen LogP contribution in [0.25, 0.3) is 0 Å². The Hall–Kier alpha value is -3.03. The minimum absolute atomic E-state index is 0.0870. The molecule has 0 aliphatic rings. The van der Waals surface area contributed by atoms with Crippen LogP contribution in [-0.4, -0.2) is 32.6 Å². The van der Waals surface area contributed by atoms with Crippen LogP contribution in [0.2, 0.25) is 0 Å². The van der Waals surface area contributed by atoms with Gasteiger partial charge in [0, 0.05) is 11.3 Å². The number of aromatic nitrogens is 2. The quantitative estimate of drug-likeness (QED) is 0.494. The standard InChI is InChI=1S/C16H17N3O5/c1-8-13(10(3)20)9(2)18-14(8)15(21)11(4)24-12-6-5-7-17-16(12)19(22)23/h5-7,11,18H,1-4H3/t11-/m0/s1. The molecule has 0 saturated carbocycles. The van der Waals surface area contributed by atoms with Gasteiger partial charge in [-0.05, 0) is 55.3 Å². The van der Waals surface area contributed by atoms with Gasteiger partial charge >= 0.3 is 5.82 Å². The summed E-state index contributed by atoms with van der Waals surface area (Å²) in [6.45, 7) is 6.29. The van der Waals surface area contributed by atoms with E-state index in [-0.39, 0.29) is 17.2 Å². The van der Waals surface area contributed by atoms with Crippen molar-refractivity contribution in [3.05, 3.63) is 51.0 Å². The Morgan fingerprint density at radius 3 is 2.58 bits per heavy atom. The third-order valence-electron chi connectivity index (χ3n) is 3.63. The lowest BCUT2D eigenvalue weighted by molar-refractivity contribution is -0.390. The first-order chi connectivity index (χ1) is 11.2. The number of rotatable bonds is 6. The van der Waals surface area contributed by atoms with E-state index < -0.39 is 22.6 Å². The highest BCUT2D eigenvalue weighted by Gasteiger charge is 2.27. The van der Waals surface area contributed by atoms with Crippen LogP contribution in [0.4, 0.5) is 5.82 Å². The lowest BCUT2D eigenvalue weighted by Crippen LogP contribution is -2.25. The van der Waals surface area contributed by atoms with Crippen molar-refractivity contribution in [2.24, 2.45) is 0 Å². The second-order valence-corrected chi connectivity index (χ2v) is 5.39. The molecule has 2 rings (SSSR count). The lowest BCUT2D eigenvalue weighted by atomic mass is 10.0. The van der Waals surface area contributed by atoms with Crippen molar-refractivity contribution < 1.29 is 19.2 Å². The number of Topliss-reactive ketones (excluding diaryl/α,β-unsaturated/α-hetero) is 2. The molecule has 0 aliphatic heterocycles. The van der Waals surface area contributed by atoms with Crippen molar-refractivity contribution in [2.45, 2.75) is 33.8 Å². The molecule has 24 heavy (non-hydrogen) atoms. The summed E-state index contributed by atoms with van der Waals surface area (Å²) in [5.74, 6) is -1.09. The zero-order valence-electron chi connectivity index (χ0n) is 13.7. The first-order valence-electron chi connectivity index (χ1n) is 7.24. The highest BCUT2D eigenvalue weighted by Crippen LogP contribution is 2.26. The Kier molecular flexibility index (Phi) is 4.77. The average Bonchev–Trinajstić information content (AvgIpc) is 2.81. The summed E-state index contributed by atoms with van der Waals surface area (Å²) < 4.78 is 5.43. The fraction of sp³-hybridized carbons (Fsp3) is 0.312. The Morgan fingerprint density at radius 2 is 2.04 bits per heavy atom. The van der Waals surface area contributed by atoms with Crippen LogP contribution < -0.4 is 4.74 Å². The molecular formula is C16H17N3O5. The van der Waals surface area contributed by atoms with Crippen molar-refractivity contribution >= 4 is 17.4 Å². The van der Waals surface area contributed by atoms with Crippen molar-refractivity contribution in [1.82, 2.24) is 9.97 Å². The van der Waals surface area contributed by atoms with Gasteiger partial charge in [-0.1, -0.05) is 0 Å². The van der Waals surface area contributed by atoms with Crippen molar-refractivity contribution in [3.63, 3.8) is 0 Å². The molecule has 1 atom stereocenters. The Bertz CT molecular complexity index is 825. The van der Waals surface area contributed by atoms with E-state index in [1.165, 1.54) is 32.2 Å². The molecule has 0 unspecified atom stereocenters. The van der Waals surface area contributed by atoms with Crippen LogP contribution in [0.1, 0.15) is 46.0 Å². The van der Waals surface area contributed by atoms with Gasteiger partial charge in [0.25, 0.3) is 0 Å². The number of nitrogens with zero attached hydrogens (tertiary/aromatic N) is 2. The van der Waals surface area contributed by atoms with Crippen LogP contribution in [-0.2, 0) is 0 Å². The molecule has 2 aromatic heterocycles. The first-order valence-corrected chi connectivity index (χ1v) is 7.24. The zero-order valence-corrected chi connectivity index (χ0v) is 13.7. The van der Waals surface area contributed by atoms with Gasteiger partial charge in [-0.15, -0.1) is 0 Å². The summed E-state index contributed by atoms with van der Waals surface area (Å²) in [5.41, 5.74) is 1.87. The summed E-state index contributed by atoms with van der Waals surface area (Å²) in [5, 5.41) is 11.0. The van der Waals surface area contributed by atoms with E-state index in [1.54, 1.807) is 13.8 Å². The van der Waals surface area contributed by atoms with E-state index in [1.807, 2.05) is 0 Å². The van der Waals surface area contributed by atoms with Gasteiger partial charge in [0.05, 0.1) is 5.69 Å². The van der Waals surface area contributed by atoms with Gasteiger partial charge < -0.3 is 19.8 Å². The zero-order chi connectivity index (χ0) is 18.0. The molecule has 2 aromatic rings. The molecule has 8 nitrogen and oxygen atoms in total. The second-order valence-electron chi connectivity index (χ2n) is 5.39. The number of ether oxygens (including phenoxy) is 1. The van der Waals surface area contributed by atoms with Crippen LogP contribution in [0.3, 0.4) is 0 Å².